The van der Waals surface area contributed by atoms with Crippen LogP contribution >= 0.6 is 0 Å². The van der Waals surface area contributed by atoms with Crippen molar-refractivity contribution in [3.05, 3.63) is 88.5 Å². The Hall–Kier alpha value is -3.78. The molecule has 206 valence electrons. The van der Waals surface area contributed by atoms with E-state index in [1.807, 2.05) is 23.0 Å². The monoisotopic (exact) mass is 541 g/mol. The summed E-state index contributed by atoms with van der Waals surface area (Å²) in [6.45, 7) is 0. The summed E-state index contributed by atoms with van der Waals surface area (Å²) in [6, 6.07) is 13.6. The van der Waals surface area contributed by atoms with Gasteiger partial charge in [0.15, 0.2) is 0 Å². The Labute approximate surface area is 231 Å². The zero-order chi connectivity index (χ0) is 27.7. The molecule has 0 spiro atoms. The SMILES string of the molecule is O=C(NC1(C(=O)O)CC1)c1ccccc1CC[C@]1(O)CCC2=Cc3c(cnn3-c3ccc(F)cc3)C[C@@]21C1CC1. The molecule has 3 N–H and O–H groups in total. The average Bonchev–Trinajstić information content (AvgIpc) is 3.88. The Morgan fingerprint density at radius 3 is 2.52 bits per heavy atom. The first kappa shape index (κ1) is 25.2. The minimum atomic E-state index is -1.15. The molecule has 1 aromatic heterocycles. The summed E-state index contributed by atoms with van der Waals surface area (Å²) in [7, 11) is 0. The minimum absolute atomic E-state index is 0.287. The fourth-order valence-electron chi connectivity index (χ4n) is 7.31. The average molecular weight is 542 g/mol. The maximum atomic E-state index is 13.5. The number of carboxylic acid groups (broad SMARTS) is 1. The summed E-state index contributed by atoms with van der Waals surface area (Å²) in [5.41, 5.74) is 2.99. The molecule has 1 heterocycles. The number of carbonyl (C=O) groups excluding carboxylic acids is 1. The van der Waals surface area contributed by atoms with Gasteiger partial charge in [-0.1, -0.05) is 23.8 Å². The Balaban J connectivity index is 1.17. The van der Waals surface area contributed by atoms with Crippen molar-refractivity contribution < 1.29 is 24.2 Å². The van der Waals surface area contributed by atoms with Crippen molar-refractivity contribution >= 4 is 18.0 Å². The standard InChI is InChI=1S/C32H32FN3O4/c33-24-7-9-25(10-8-24)36-27-17-23-12-14-31(40,32(23,22-5-6-22)18-21(27)19-34-36)13-11-20-3-1-2-4-26(20)28(37)35-30(15-16-30)29(38)39/h1-4,7-10,17,19,22,40H,5-6,11-16,18H2,(H,35,37)(H,38,39)/t31-,32+/m0/s1. The number of rotatable bonds is 8. The number of benzene rings is 2. The molecule has 4 aliphatic rings. The van der Waals surface area contributed by atoms with E-state index < -0.39 is 17.1 Å². The molecule has 3 fully saturated rings. The van der Waals surface area contributed by atoms with Crippen molar-refractivity contribution in [2.24, 2.45) is 11.3 Å². The van der Waals surface area contributed by atoms with Gasteiger partial charge in [-0.3, -0.25) is 4.79 Å². The number of amides is 1. The van der Waals surface area contributed by atoms with E-state index in [-0.39, 0.29) is 17.1 Å². The molecule has 3 saturated carbocycles. The zero-order valence-corrected chi connectivity index (χ0v) is 22.2. The summed E-state index contributed by atoms with van der Waals surface area (Å²) in [4.78, 5) is 24.7. The summed E-state index contributed by atoms with van der Waals surface area (Å²) >= 11 is 0. The van der Waals surface area contributed by atoms with Gasteiger partial charge in [0.05, 0.1) is 23.2 Å². The van der Waals surface area contributed by atoms with Crippen LogP contribution in [-0.4, -0.2) is 43.0 Å². The van der Waals surface area contributed by atoms with Crippen molar-refractivity contribution in [1.82, 2.24) is 15.1 Å². The molecule has 0 bridgehead atoms. The number of nitrogens with one attached hydrogen (secondary N) is 1. The number of nitrogens with zero attached hydrogens (tertiary/aromatic N) is 2. The van der Waals surface area contributed by atoms with Gasteiger partial charge < -0.3 is 15.5 Å². The number of carboxylic acids is 1. The molecule has 2 aromatic carbocycles. The molecule has 4 aliphatic carbocycles. The van der Waals surface area contributed by atoms with Gasteiger partial charge in [0.25, 0.3) is 5.91 Å². The van der Waals surface area contributed by atoms with Crippen LogP contribution in [0.2, 0.25) is 0 Å². The van der Waals surface area contributed by atoms with E-state index >= 15 is 0 Å². The third-order valence-electron chi connectivity index (χ3n) is 9.81. The number of aryl methyl sites for hydroxylation is 1. The molecular weight excluding hydrogens is 509 g/mol. The minimum Gasteiger partial charge on any atom is -0.480 e. The molecule has 1 amide bonds. The van der Waals surface area contributed by atoms with Gasteiger partial charge in [0.2, 0.25) is 0 Å². The summed E-state index contributed by atoms with van der Waals surface area (Å²) in [6.07, 6.45) is 10.3. The highest BCUT2D eigenvalue weighted by Gasteiger charge is 2.63. The van der Waals surface area contributed by atoms with E-state index in [9.17, 15) is 24.2 Å². The number of fused-ring (bicyclic) bond motifs is 2. The quantitative estimate of drug-likeness (QED) is 0.378. The molecule has 2 atom stereocenters. The number of carbonyl (C=O) groups is 2. The van der Waals surface area contributed by atoms with E-state index in [4.69, 9.17) is 0 Å². The van der Waals surface area contributed by atoms with Gasteiger partial charge in [-0.25, -0.2) is 13.9 Å². The Kier molecular flexibility index (Phi) is 5.58. The van der Waals surface area contributed by atoms with Gasteiger partial charge >= 0.3 is 5.97 Å². The van der Waals surface area contributed by atoms with E-state index in [0.29, 0.717) is 50.0 Å². The fourth-order valence-corrected chi connectivity index (χ4v) is 7.31. The topological polar surface area (TPSA) is 104 Å². The van der Waals surface area contributed by atoms with Crippen LogP contribution in [0.25, 0.3) is 11.8 Å². The van der Waals surface area contributed by atoms with Crippen LogP contribution in [0.1, 0.15) is 72.1 Å². The summed E-state index contributed by atoms with van der Waals surface area (Å²) in [5.74, 6) is -1.26. The van der Waals surface area contributed by atoms with Crippen LogP contribution in [0.4, 0.5) is 4.39 Å². The second-order valence-electron chi connectivity index (χ2n) is 12.1. The van der Waals surface area contributed by atoms with E-state index in [1.54, 1.807) is 24.3 Å². The number of hydrogen-bond acceptors (Lipinski definition) is 4. The zero-order valence-electron chi connectivity index (χ0n) is 22.2. The molecule has 0 saturated heterocycles. The molecule has 40 heavy (non-hydrogen) atoms. The number of aromatic nitrogens is 2. The maximum absolute atomic E-state index is 13.5. The van der Waals surface area contributed by atoms with Crippen molar-refractivity contribution in [3.8, 4) is 5.69 Å². The molecule has 3 aromatic rings. The Morgan fingerprint density at radius 1 is 1.07 bits per heavy atom. The van der Waals surface area contributed by atoms with Crippen LogP contribution in [-0.2, 0) is 17.6 Å². The highest BCUT2D eigenvalue weighted by molar-refractivity contribution is 6.00. The van der Waals surface area contributed by atoms with Crippen molar-refractivity contribution in [2.75, 3.05) is 0 Å². The summed E-state index contributed by atoms with van der Waals surface area (Å²) < 4.78 is 15.4. The number of aliphatic hydroxyl groups is 1. The van der Waals surface area contributed by atoms with Gasteiger partial charge in [0, 0.05) is 11.0 Å². The molecular formula is C32H32FN3O4. The Bertz CT molecular complexity index is 1550. The van der Waals surface area contributed by atoms with Gasteiger partial charge in [0.1, 0.15) is 11.4 Å². The number of hydrogen-bond donors (Lipinski definition) is 3. The lowest BCUT2D eigenvalue weighted by Gasteiger charge is -2.46. The second-order valence-corrected chi connectivity index (χ2v) is 12.1. The molecule has 0 radical (unpaired) electrons. The van der Waals surface area contributed by atoms with E-state index in [2.05, 4.69) is 16.5 Å². The van der Waals surface area contributed by atoms with Gasteiger partial charge in [-0.2, -0.15) is 5.10 Å². The van der Waals surface area contributed by atoms with Crippen LogP contribution in [0.5, 0.6) is 0 Å². The largest absolute Gasteiger partial charge is 0.480 e. The van der Waals surface area contributed by atoms with Gasteiger partial charge in [-0.15, -0.1) is 0 Å². The van der Waals surface area contributed by atoms with Crippen molar-refractivity contribution in [1.29, 1.82) is 0 Å². The lowest BCUT2D eigenvalue weighted by atomic mass is 9.61. The summed E-state index contributed by atoms with van der Waals surface area (Å²) in [5, 5.41) is 29.3. The Morgan fingerprint density at radius 2 is 1.82 bits per heavy atom. The number of halogens is 1. The van der Waals surface area contributed by atoms with Crippen LogP contribution in [0, 0.1) is 17.2 Å². The van der Waals surface area contributed by atoms with Crippen LogP contribution < -0.4 is 5.32 Å². The fraction of sp³-hybridized carbons (Fsp3) is 0.406. The first-order chi connectivity index (χ1) is 19.2. The predicted molar refractivity (Wildman–Crippen MR) is 146 cm³/mol. The third-order valence-corrected chi connectivity index (χ3v) is 9.81. The molecule has 7 nitrogen and oxygen atoms in total. The first-order valence-corrected chi connectivity index (χ1v) is 14.1. The van der Waals surface area contributed by atoms with Crippen LogP contribution in [0.3, 0.4) is 0 Å². The molecule has 0 aliphatic heterocycles. The van der Waals surface area contributed by atoms with Crippen molar-refractivity contribution in [3.63, 3.8) is 0 Å². The van der Waals surface area contributed by atoms with Gasteiger partial charge in [-0.05, 0) is 111 Å². The number of aliphatic carboxylic acids is 1. The first-order valence-electron chi connectivity index (χ1n) is 14.1. The lowest BCUT2D eigenvalue weighted by Crippen LogP contribution is -2.49. The predicted octanol–water partition coefficient (Wildman–Crippen LogP) is 4.85. The van der Waals surface area contributed by atoms with Crippen molar-refractivity contribution in [2.45, 2.75) is 68.9 Å². The van der Waals surface area contributed by atoms with E-state index in [1.165, 1.54) is 17.7 Å². The second kappa shape index (κ2) is 8.86. The smallest absolute Gasteiger partial charge is 0.329 e. The normalized spacial score (nSPS) is 26.0. The third kappa shape index (κ3) is 3.84. The highest BCUT2D eigenvalue weighted by atomic mass is 19.1. The van der Waals surface area contributed by atoms with Crippen LogP contribution in [0.15, 0.2) is 60.3 Å². The lowest BCUT2D eigenvalue weighted by molar-refractivity contribution is -0.140. The van der Waals surface area contributed by atoms with E-state index in [0.717, 1.165) is 41.8 Å². The maximum Gasteiger partial charge on any atom is 0.329 e. The highest BCUT2D eigenvalue weighted by Crippen LogP contribution is 2.66. The molecule has 7 rings (SSSR count). The molecule has 0 unspecified atom stereocenters. The molecule has 8 heteroatoms.